The van der Waals surface area contributed by atoms with Gasteiger partial charge in [0.25, 0.3) is 0 Å². The number of rotatable bonds is 5. The van der Waals surface area contributed by atoms with Crippen molar-refractivity contribution in [1.29, 1.82) is 0 Å². The van der Waals surface area contributed by atoms with Crippen LogP contribution in [0.2, 0.25) is 0 Å². The highest BCUT2D eigenvalue weighted by Gasteiger charge is 2.11. The molecule has 0 aliphatic carbocycles. The van der Waals surface area contributed by atoms with Gasteiger partial charge in [-0.2, -0.15) is 0 Å². The summed E-state index contributed by atoms with van der Waals surface area (Å²) in [5, 5.41) is 3.26. The van der Waals surface area contributed by atoms with Crippen molar-refractivity contribution in [3.05, 3.63) is 48.0 Å². The van der Waals surface area contributed by atoms with Crippen LogP contribution < -0.4 is 10.1 Å². The maximum atomic E-state index is 5.10. The van der Waals surface area contributed by atoms with Crippen LogP contribution in [0.15, 0.2) is 41.3 Å². The van der Waals surface area contributed by atoms with Crippen LogP contribution in [0.1, 0.15) is 17.2 Å². The number of nitrogens with one attached hydrogen (secondary N) is 1. The molecule has 0 amide bonds. The van der Waals surface area contributed by atoms with Gasteiger partial charge in [-0.1, -0.05) is 6.07 Å². The van der Waals surface area contributed by atoms with E-state index < -0.39 is 0 Å². The second-order valence-electron chi connectivity index (χ2n) is 3.81. The Labute approximate surface area is 101 Å². The van der Waals surface area contributed by atoms with Gasteiger partial charge in [-0.05, 0) is 25.1 Å². The van der Waals surface area contributed by atoms with Gasteiger partial charge in [0.05, 0.1) is 19.6 Å². The molecule has 2 rings (SSSR count). The number of methoxy groups -OCH3 is 1. The molecule has 17 heavy (non-hydrogen) atoms. The first kappa shape index (κ1) is 11.7. The summed E-state index contributed by atoms with van der Waals surface area (Å²) in [6.45, 7) is 0. The third-order valence-corrected chi connectivity index (χ3v) is 2.74. The first-order valence-corrected chi connectivity index (χ1v) is 5.51. The molecule has 2 aromatic rings. The number of furan rings is 1. The normalized spacial score (nSPS) is 12.4. The number of hydrogen-bond donors (Lipinski definition) is 1. The monoisotopic (exact) mass is 232 g/mol. The number of pyridine rings is 1. The molecule has 1 atom stereocenters. The van der Waals surface area contributed by atoms with Gasteiger partial charge < -0.3 is 14.5 Å². The highest BCUT2D eigenvalue weighted by Crippen LogP contribution is 2.19. The summed E-state index contributed by atoms with van der Waals surface area (Å²) in [7, 11) is 3.55. The fraction of sp³-hybridized carbons (Fsp3) is 0.308. The number of ether oxygens (including phenoxy) is 1. The zero-order valence-corrected chi connectivity index (χ0v) is 10.0. The van der Waals surface area contributed by atoms with E-state index in [1.54, 1.807) is 19.6 Å². The molecule has 2 aromatic heterocycles. The van der Waals surface area contributed by atoms with E-state index >= 15 is 0 Å². The SMILES string of the molecule is CNC(Cc1ccc(OC)nc1)c1ccoc1. The van der Waals surface area contributed by atoms with Crippen molar-refractivity contribution >= 4 is 0 Å². The van der Waals surface area contributed by atoms with Gasteiger partial charge in [-0.3, -0.25) is 0 Å². The van der Waals surface area contributed by atoms with Gasteiger partial charge in [0, 0.05) is 23.9 Å². The molecule has 0 fully saturated rings. The lowest BCUT2D eigenvalue weighted by atomic mass is 10.0. The molecule has 1 unspecified atom stereocenters. The summed E-state index contributed by atoms with van der Waals surface area (Å²) < 4.78 is 10.1. The molecule has 0 aromatic carbocycles. The molecule has 0 spiro atoms. The standard InChI is InChI=1S/C13H16N2O2/c1-14-12(11-5-6-17-9-11)7-10-3-4-13(16-2)15-8-10/h3-6,8-9,12,14H,7H2,1-2H3. The fourth-order valence-corrected chi connectivity index (χ4v) is 1.75. The Kier molecular flexibility index (Phi) is 3.77. The van der Waals surface area contributed by atoms with Crippen molar-refractivity contribution in [2.45, 2.75) is 12.5 Å². The highest BCUT2D eigenvalue weighted by atomic mass is 16.5. The zero-order chi connectivity index (χ0) is 12.1. The molecule has 0 aliphatic heterocycles. The minimum Gasteiger partial charge on any atom is -0.481 e. The Morgan fingerprint density at radius 1 is 1.41 bits per heavy atom. The van der Waals surface area contributed by atoms with Crippen LogP contribution in [0.4, 0.5) is 0 Å². The highest BCUT2D eigenvalue weighted by molar-refractivity contribution is 5.21. The van der Waals surface area contributed by atoms with E-state index in [-0.39, 0.29) is 6.04 Å². The summed E-state index contributed by atoms with van der Waals surface area (Å²) in [5.74, 6) is 0.637. The van der Waals surface area contributed by atoms with E-state index in [1.165, 1.54) is 0 Å². The summed E-state index contributed by atoms with van der Waals surface area (Å²) >= 11 is 0. The largest absolute Gasteiger partial charge is 0.481 e. The van der Waals surface area contributed by atoms with Crippen molar-refractivity contribution < 1.29 is 9.15 Å². The van der Waals surface area contributed by atoms with Gasteiger partial charge in [0.1, 0.15) is 0 Å². The predicted octanol–water partition coefficient (Wildman–Crippen LogP) is 2.19. The summed E-state index contributed by atoms with van der Waals surface area (Å²) in [6, 6.07) is 6.11. The molecular formula is C13H16N2O2. The fourth-order valence-electron chi connectivity index (χ4n) is 1.75. The van der Waals surface area contributed by atoms with Gasteiger partial charge in [-0.15, -0.1) is 0 Å². The molecular weight excluding hydrogens is 216 g/mol. The van der Waals surface area contributed by atoms with Crippen molar-refractivity contribution in [3.63, 3.8) is 0 Å². The lowest BCUT2D eigenvalue weighted by Crippen LogP contribution is -2.18. The Morgan fingerprint density at radius 3 is 2.82 bits per heavy atom. The molecule has 0 bridgehead atoms. The zero-order valence-electron chi connectivity index (χ0n) is 10.0. The van der Waals surface area contributed by atoms with E-state index in [0.717, 1.165) is 17.5 Å². The van der Waals surface area contributed by atoms with E-state index in [2.05, 4.69) is 10.3 Å². The van der Waals surface area contributed by atoms with Crippen molar-refractivity contribution in [1.82, 2.24) is 10.3 Å². The molecule has 1 N–H and O–H groups in total. The minimum absolute atomic E-state index is 0.240. The second-order valence-corrected chi connectivity index (χ2v) is 3.81. The number of aromatic nitrogens is 1. The molecule has 90 valence electrons. The topological polar surface area (TPSA) is 47.3 Å². The predicted molar refractivity (Wildman–Crippen MR) is 65.0 cm³/mol. The number of likely N-dealkylation sites (N-methyl/N-ethyl adjacent to an activating group) is 1. The van der Waals surface area contributed by atoms with Crippen LogP contribution in [0.3, 0.4) is 0 Å². The van der Waals surface area contributed by atoms with E-state index in [4.69, 9.17) is 9.15 Å². The summed E-state index contributed by atoms with van der Waals surface area (Å²) in [6.07, 6.45) is 6.15. The maximum absolute atomic E-state index is 5.10. The van der Waals surface area contributed by atoms with Crippen molar-refractivity contribution in [2.24, 2.45) is 0 Å². The van der Waals surface area contributed by atoms with Crippen molar-refractivity contribution in [2.75, 3.05) is 14.2 Å². The molecule has 2 heterocycles. The van der Waals surface area contributed by atoms with Crippen LogP contribution in [-0.2, 0) is 6.42 Å². The van der Waals surface area contributed by atoms with Crippen LogP contribution in [-0.4, -0.2) is 19.1 Å². The van der Waals surface area contributed by atoms with E-state index in [9.17, 15) is 0 Å². The molecule has 0 saturated heterocycles. The Morgan fingerprint density at radius 2 is 2.29 bits per heavy atom. The third-order valence-electron chi connectivity index (χ3n) is 2.74. The summed E-state index contributed by atoms with van der Waals surface area (Å²) in [5.41, 5.74) is 2.30. The average molecular weight is 232 g/mol. The second kappa shape index (κ2) is 5.50. The lowest BCUT2D eigenvalue weighted by Gasteiger charge is -2.14. The number of nitrogens with zero attached hydrogens (tertiary/aromatic N) is 1. The third kappa shape index (κ3) is 2.85. The number of hydrogen-bond acceptors (Lipinski definition) is 4. The van der Waals surface area contributed by atoms with Crippen LogP contribution in [0, 0.1) is 0 Å². The Hall–Kier alpha value is -1.81. The van der Waals surface area contributed by atoms with Gasteiger partial charge >= 0.3 is 0 Å². The van der Waals surface area contributed by atoms with E-state index in [1.807, 2.05) is 31.4 Å². The van der Waals surface area contributed by atoms with Gasteiger partial charge in [0.15, 0.2) is 0 Å². The molecule has 0 aliphatic rings. The maximum Gasteiger partial charge on any atom is 0.212 e. The molecule has 4 heteroatoms. The van der Waals surface area contributed by atoms with Crippen LogP contribution >= 0.6 is 0 Å². The first-order valence-electron chi connectivity index (χ1n) is 5.51. The molecule has 4 nitrogen and oxygen atoms in total. The molecule has 0 radical (unpaired) electrons. The lowest BCUT2D eigenvalue weighted by molar-refractivity contribution is 0.397. The van der Waals surface area contributed by atoms with E-state index in [0.29, 0.717) is 5.88 Å². The first-order chi connectivity index (χ1) is 8.33. The average Bonchev–Trinajstić information content (AvgIpc) is 2.90. The summed E-state index contributed by atoms with van der Waals surface area (Å²) in [4.78, 5) is 4.19. The van der Waals surface area contributed by atoms with Crippen LogP contribution in [0.5, 0.6) is 5.88 Å². The minimum atomic E-state index is 0.240. The van der Waals surface area contributed by atoms with Gasteiger partial charge in [0.2, 0.25) is 5.88 Å². The Bertz CT molecular complexity index is 437. The quantitative estimate of drug-likeness (QED) is 0.858. The Balaban J connectivity index is 2.07. The van der Waals surface area contributed by atoms with Crippen LogP contribution in [0.25, 0.3) is 0 Å². The molecule has 0 saturated carbocycles. The smallest absolute Gasteiger partial charge is 0.212 e. The van der Waals surface area contributed by atoms with Gasteiger partial charge in [-0.25, -0.2) is 4.98 Å². The van der Waals surface area contributed by atoms with Crippen molar-refractivity contribution in [3.8, 4) is 5.88 Å².